The van der Waals surface area contributed by atoms with Crippen molar-refractivity contribution in [3.63, 3.8) is 0 Å². The molecule has 3 nitrogen and oxygen atoms in total. The van der Waals surface area contributed by atoms with Crippen molar-refractivity contribution in [2.75, 3.05) is 19.8 Å². The molecule has 0 aliphatic carbocycles. The minimum atomic E-state index is -2.55. The summed E-state index contributed by atoms with van der Waals surface area (Å²) in [6, 6.07) is 9.32. The average molecular weight is 345 g/mol. The van der Waals surface area contributed by atoms with Crippen LogP contribution >= 0.6 is 11.6 Å². The van der Waals surface area contributed by atoms with E-state index >= 15 is 0 Å². The van der Waals surface area contributed by atoms with Gasteiger partial charge in [0.25, 0.3) is 0 Å². The highest BCUT2D eigenvalue weighted by Crippen LogP contribution is 2.25. The Morgan fingerprint density at radius 3 is 1.82 bits per heavy atom. The van der Waals surface area contributed by atoms with Crippen LogP contribution in [0.1, 0.15) is 50.6 Å². The highest BCUT2D eigenvalue weighted by molar-refractivity contribution is 6.60. The molecule has 0 fully saturated rings. The Morgan fingerprint density at radius 2 is 1.41 bits per heavy atom. The lowest BCUT2D eigenvalue weighted by Crippen LogP contribution is -2.46. The molecule has 1 unspecified atom stereocenters. The zero-order valence-electron chi connectivity index (χ0n) is 14.2. The van der Waals surface area contributed by atoms with E-state index in [0.717, 1.165) is 18.9 Å². The van der Waals surface area contributed by atoms with Gasteiger partial charge in [-0.15, -0.1) is 11.6 Å². The molecule has 1 aromatic carbocycles. The Morgan fingerprint density at radius 1 is 0.909 bits per heavy atom. The van der Waals surface area contributed by atoms with Gasteiger partial charge in [-0.3, -0.25) is 0 Å². The topological polar surface area (TPSA) is 27.7 Å². The predicted molar refractivity (Wildman–Crippen MR) is 94.5 cm³/mol. The number of hydrogen-bond donors (Lipinski definition) is 0. The Labute approximate surface area is 141 Å². The normalized spacial score (nSPS) is 13.3. The van der Waals surface area contributed by atoms with Crippen molar-refractivity contribution in [2.45, 2.75) is 52.0 Å². The van der Waals surface area contributed by atoms with Crippen LogP contribution in [0, 0.1) is 0 Å². The van der Waals surface area contributed by atoms with Gasteiger partial charge in [-0.1, -0.05) is 31.2 Å². The third kappa shape index (κ3) is 6.01. The van der Waals surface area contributed by atoms with Gasteiger partial charge in [-0.25, -0.2) is 0 Å². The zero-order chi connectivity index (χ0) is 16.4. The summed E-state index contributed by atoms with van der Waals surface area (Å²) in [6.45, 7) is 9.92. The van der Waals surface area contributed by atoms with E-state index in [1.165, 1.54) is 11.1 Å². The van der Waals surface area contributed by atoms with Crippen LogP contribution in [0.4, 0.5) is 0 Å². The summed E-state index contributed by atoms with van der Waals surface area (Å²) in [4.78, 5) is 0. The van der Waals surface area contributed by atoms with Crippen LogP contribution in [-0.2, 0) is 19.7 Å². The third-order valence-electron chi connectivity index (χ3n) is 3.51. The third-order valence-corrected chi connectivity index (χ3v) is 7.12. The van der Waals surface area contributed by atoms with Gasteiger partial charge in [0, 0.05) is 25.9 Å². The second kappa shape index (κ2) is 10.4. The summed E-state index contributed by atoms with van der Waals surface area (Å²) in [5.74, 6) is 0. The second-order valence-electron chi connectivity index (χ2n) is 5.10. The van der Waals surface area contributed by atoms with Crippen LogP contribution in [-0.4, -0.2) is 28.6 Å². The number of hydrogen-bond acceptors (Lipinski definition) is 3. The minimum Gasteiger partial charge on any atom is -0.374 e. The second-order valence-corrected chi connectivity index (χ2v) is 8.36. The lowest BCUT2D eigenvalue weighted by Gasteiger charge is -2.28. The lowest BCUT2D eigenvalue weighted by molar-refractivity contribution is 0.0714. The molecular formula is C17H29ClO3Si. The van der Waals surface area contributed by atoms with E-state index < -0.39 is 8.80 Å². The van der Waals surface area contributed by atoms with E-state index in [2.05, 4.69) is 31.2 Å². The first kappa shape index (κ1) is 19.7. The van der Waals surface area contributed by atoms with Crippen LogP contribution in [0.2, 0.25) is 6.04 Å². The van der Waals surface area contributed by atoms with Crippen molar-refractivity contribution in [2.24, 2.45) is 0 Å². The fourth-order valence-electron chi connectivity index (χ4n) is 2.43. The van der Waals surface area contributed by atoms with Crippen molar-refractivity contribution in [3.8, 4) is 0 Å². The molecule has 0 heterocycles. The van der Waals surface area contributed by atoms with Gasteiger partial charge in [-0.2, -0.15) is 0 Å². The van der Waals surface area contributed by atoms with E-state index in [0.29, 0.717) is 19.8 Å². The molecule has 0 saturated heterocycles. The molecular weight excluding hydrogens is 316 g/mol. The summed E-state index contributed by atoms with van der Waals surface area (Å²) in [7, 11) is -2.55. The van der Waals surface area contributed by atoms with Crippen LogP contribution in [0.15, 0.2) is 24.3 Å². The summed E-state index contributed by atoms with van der Waals surface area (Å²) >= 11 is 6.26. The maximum absolute atomic E-state index is 6.26. The number of aryl methyl sites for hydroxylation is 1. The Hall–Kier alpha value is -0.393. The van der Waals surface area contributed by atoms with Crippen LogP contribution < -0.4 is 0 Å². The monoisotopic (exact) mass is 344 g/mol. The van der Waals surface area contributed by atoms with Crippen molar-refractivity contribution in [1.29, 1.82) is 0 Å². The minimum absolute atomic E-state index is 0.0952. The molecule has 0 aromatic heterocycles. The van der Waals surface area contributed by atoms with Crippen LogP contribution in [0.5, 0.6) is 0 Å². The first-order valence-electron chi connectivity index (χ1n) is 8.25. The molecule has 0 bridgehead atoms. The highest BCUT2D eigenvalue weighted by Gasteiger charge is 2.39. The summed E-state index contributed by atoms with van der Waals surface area (Å²) in [6.07, 6.45) is 1.83. The van der Waals surface area contributed by atoms with Crippen molar-refractivity contribution < 1.29 is 13.3 Å². The summed E-state index contributed by atoms with van der Waals surface area (Å²) < 4.78 is 17.7. The van der Waals surface area contributed by atoms with Gasteiger partial charge in [0.2, 0.25) is 0 Å². The number of rotatable bonds is 11. The summed E-state index contributed by atoms with van der Waals surface area (Å²) in [5.41, 5.74) is 2.44. The van der Waals surface area contributed by atoms with Gasteiger partial charge in [0.1, 0.15) is 0 Å². The molecule has 1 atom stereocenters. The molecule has 0 spiro atoms. The quantitative estimate of drug-likeness (QED) is 0.419. The average Bonchev–Trinajstić information content (AvgIpc) is 2.53. The number of halogens is 1. The molecule has 22 heavy (non-hydrogen) atoms. The zero-order valence-corrected chi connectivity index (χ0v) is 16.0. The predicted octanol–water partition coefficient (Wildman–Crippen LogP) is 4.97. The smallest absolute Gasteiger partial charge is 0.374 e. The first-order valence-corrected chi connectivity index (χ1v) is 10.6. The van der Waals surface area contributed by atoms with Crippen molar-refractivity contribution in [3.05, 3.63) is 35.4 Å². The Bertz CT molecular complexity index is 394. The largest absolute Gasteiger partial charge is 0.501 e. The lowest BCUT2D eigenvalue weighted by atomic mass is 10.1. The fraction of sp³-hybridized carbons (Fsp3) is 0.647. The van der Waals surface area contributed by atoms with Crippen molar-refractivity contribution in [1.82, 2.24) is 0 Å². The van der Waals surface area contributed by atoms with E-state index in [1.807, 2.05) is 20.8 Å². The number of benzene rings is 1. The first-order chi connectivity index (χ1) is 10.6. The van der Waals surface area contributed by atoms with Gasteiger partial charge in [-0.05, 0) is 44.7 Å². The molecule has 0 N–H and O–H groups in total. The maximum atomic E-state index is 6.26. The Kier molecular flexibility index (Phi) is 9.29. The van der Waals surface area contributed by atoms with Gasteiger partial charge < -0.3 is 13.3 Å². The SMILES string of the molecule is CCO[Si](CCc1ccc(C(Cl)CC)cc1)(OCC)OCC. The van der Waals surface area contributed by atoms with E-state index in [1.54, 1.807) is 0 Å². The molecule has 5 heteroatoms. The molecule has 0 aliphatic heterocycles. The molecule has 126 valence electrons. The molecule has 1 aromatic rings. The van der Waals surface area contributed by atoms with Gasteiger partial charge in [0.15, 0.2) is 0 Å². The molecule has 0 saturated carbocycles. The molecule has 1 rings (SSSR count). The van der Waals surface area contributed by atoms with E-state index in [4.69, 9.17) is 24.9 Å². The molecule has 0 radical (unpaired) electrons. The van der Waals surface area contributed by atoms with Gasteiger partial charge >= 0.3 is 8.80 Å². The van der Waals surface area contributed by atoms with Gasteiger partial charge in [0.05, 0.1) is 5.38 Å². The Balaban J connectivity index is 2.70. The van der Waals surface area contributed by atoms with Crippen LogP contribution in [0.25, 0.3) is 0 Å². The standard InChI is InChI=1S/C17H29ClO3Si/c1-5-17(18)16-11-9-15(10-12-16)13-14-22(19-6-2,20-7-3)21-8-4/h9-12,17H,5-8,13-14H2,1-4H3. The molecule has 0 aliphatic rings. The highest BCUT2D eigenvalue weighted by atomic mass is 35.5. The number of alkyl halides is 1. The fourth-order valence-corrected chi connectivity index (χ4v) is 5.17. The van der Waals surface area contributed by atoms with E-state index in [-0.39, 0.29) is 5.38 Å². The van der Waals surface area contributed by atoms with Crippen LogP contribution in [0.3, 0.4) is 0 Å². The summed E-state index contributed by atoms with van der Waals surface area (Å²) in [5, 5.41) is 0.0952. The van der Waals surface area contributed by atoms with E-state index in [9.17, 15) is 0 Å². The molecule has 0 amide bonds. The van der Waals surface area contributed by atoms with Crippen molar-refractivity contribution >= 4 is 20.4 Å². The maximum Gasteiger partial charge on any atom is 0.501 e.